The molecule has 5 rings (SSSR count). The Labute approximate surface area is 198 Å². The van der Waals surface area contributed by atoms with E-state index in [9.17, 15) is 9.59 Å². The first-order valence-electron chi connectivity index (χ1n) is 10.7. The van der Waals surface area contributed by atoms with E-state index in [4.69, 9.17) is 4.98 Å². The van der Waals surface area contributed by atoms with Gasteiger partial charge in [-0.2, -0.15) is 0 Å². The number of amides is 1. The lowest BCUT2D eigenvalue weighted by molar-refractivity contribution is -0.118. The summed E-state index contributed by atoms with van der Waals surface area (Å²) >= 11 is 4.65. The lowest BCUT2D eigenvalue weighted by atomic mass is 10.2. The van der Waals surface area contributed by atoms with Gasteiger partial charge in [-0.05, 0) is 61.7 Å². The molecule has 8 heteroatoms. The van der Waals surface area contributed by atoms with Gasteiger partial charge in [0.15, 0.2) is 5.16 Å². The number of benzene rings is 1. The van der Waals surface area contributed by atoms with E-state index in [0.717, 1.165) is 47.2 Å². The molecule has 1 amide bonds. The number of hydrogen-bond donors (Lipinski definition) is 1. The Kier molecular flexibility index (Phi) is 6.17. The fraction of sp³-hybridized carbons (Fsp3) is 0.292. The van der Waals surface area contributed by atoms with Gasteiger partial charge in [-0.15, -0.1) is 22.7 Å². The van der Waals surface area contributed by atoms with E-state index >= 15 is 0 Å². The highest BCUT2D eigenvalue weighted by molar-refractivity contribution is 7.99. The number of carbonyl (C=O) groups excluding carboxylic acids is 1. The molecule has 1 aliphatic rings. The number of carbonyl (C=O) groups is 1. The van der Waals surface area contributed by atoms with Crippen molar-refractivity contribution in [1.82, 2.24) is 14.9 Å². The summed E-state index contributed by atoms with van der Waals surface area (Å²) in [5.74, 6) is 0.171. The molecule has 0 saturated heterocycles. The molecule has 164 valence electrons. The Morgan fingerprint density at radius 2 is 2.06 bits per heavy atom. The van der Waals surface area contributed by atoms with Crippen molar-refractivity contribution in [3.63, 3.8) is 0 Å². The second-order valence-corrected chi connectivity index (χ2v) is 10.9. The zero-order valence-electron chi connectivity index (χ0n) is 17.7. The van der Waals surface area contributed by atoms with Crippen LogP contribution >= 0.6 is 34.4 Å². The predicted molar refractivity (Wildman–Crippen MR) is 134 cm³/mol. The van der Waals surface area contributed by atoms with Gasteiger partial charge >= 0.3 is 0 Å². The van der Waals surface area contributed by atoms with Crippen LogP contribution in [0.1, 0.15) is 27.3 Å². The Bertz CT molecular complexity index is 1320. The molecule has 0 fully saturated rings. The third-order valence-corrected chi connectivity index (χ3v) is 8.67. The molecule has 3 heterocycles. The number of aryl methyl sites for hydroxylation is 3. The molecular formula is C24H23N3O2S3. The lowest BCUT2D eigenvalue weighted by Crippen LogP contribution is -2.28. The molecule has 1 aliphatic carbocycles. The average Bonchev–Trinajstić information content (AvgIpc) is 3.51. The van der Waals surface area contributed by atoms with Crippen molar-refractivity contribution in [3.05, 3.63) is 73.0 Å². The minimum atomic E-state index is -0.0509. The van der Waals surface area contributed by atoms with E-state index in [0.29, 0.717) is 11.7 Å². The third-order valence-electron chi connectivity index (χ3n) is 5.61. The SMILES string of the molecule is Cc1ccc(-n2c(SCC(=O)NCCc3cccs3)nc3sc4c(c3c2=O)CCC4)cc1. The van der Waals surface area contributed by atoms with Gasteiger partial charge < -0.3 is 5.32 Å². The van der Waals surface area contributed by atoms with Crippen LogP contribution in [0.4, 0.5) is 0 Å². The molecule has 32 heavy (non-hydrogen) atoms. The van der Waals surface area contributed by atoms with E-state index < -0.39 is 0 Å². The highest BCUT2D eigenvalue weighted by Gasteiger charge is 2.24. The summed E-state index contributed by atoms with van der Waals surface area (Å²) in [7, 11) is 0. The Morgan fingerprint density at radius 3 is 2.84 bits per heavy atom. The van der Waals surface area contributed by atoms with Gasteiger partial charge in [-0.3, -0.25) is 14.2 Å². The summed E-state index contributed by atoms with van der Waals surface area (Å²) in [6.07, 6.45) is 3.89. The van der Waals surface area contributed by atoms with Crippen LogP contribution in [0.2, 0.25) is 0 Å². The molecule has 0 saturated carbocycles. The molecule has 5 nitrogen and oxygen atoms in total. The topological polar surface area (TPSA) is 64.0 Å². The molecule has 1 aromatic carbocycles. The average molecular weight is 482 g/mol. The molecule has 0 radical (unpaired) electrons. The quantitative estimate of drug-likeness (QED) is 0.305. The minimum absolute atomic E-state index is 0.0288. The summed E-state index contributed by atoms with van der Waals surface area (Å²) in [5, 5.41) is 6.34. The summed E-state index contributed by atoms with van der Waals surface area (Å²) in [6.45, 7) is 2.63. The summed E-state index contributed by atoms with van der Waals surface area (Å²) in [5.41, 5.74) is 3.06. The maximum Gasteiger partial charge on any atom is 0.267 e. The van der Waals surface area contributed by atoms with Crippen molar-refractivity contribution >= 4 is 50.6 Å². The van der Waals surface area contributed by atoms with E-state index in [2.05, 4.69) is 11.4 Å². The molecule has 1 N–H and O–H groups in total. The largest absolute Gasteiger partial charge is 0.355 e. The highest BCUT2D eigenvalue weighted by atomic mass is 32.2. The van der Waals surface area contributed by atoms with Gasteiger partial charge in [-0.1, -0.05) is 35.5 Å². The van der Waals surface area contributed by atoms with Crippen LogP contribution in [0, 0.1) is 6.92 Å². The van der Waals surface area contributed by atoms with Crippen LogP contribution in [0.15, 0.2) is 51.7 Å². The van der Waals surface area contributed by atoms with Crippen LogP contribution in [0.5, 0.6) is 0 Å². The zero-order valence-corrected chi connectivity index (χ0v) is 20.2. The van der Waals surface area contributed by atoms with E-state index in [-0.39, 0.29) is 17.2 Å². The lowest BCUT2D eigenvalue weighted by Gasteiger charge is -2.13. The van der Waals surface area contributed by atoms with E-state index in [1.165, 1.54) is 27.1 Å². The number of thiophene rings is 2. The zero-order chi connectivity index (χ0) is 22.1. The van der Waals surface area contributed by atoms with Crippen molar-refractivity contribution in [2.24, 2.45) is 0 Å². The van der Waals surface area contributed by atoms with E-state index in [1.807, 2.05) is 42.6 Å². The first-order chi connectivity index (χ1) is 15.6. The molecule has 0 aliphatic heterocycles. The number of fused-ring (bicyclic) bond motifs is 3. The van der Waals surface area contributed by atoms with Gasteiger partial charge in [0.25, 0.3) is 5.56 Å². The predicted octanol–water partition coefficient (Wildman–Crippen LogP) is 4.76. The summed E-state index contributed by atoms with van der Waals surface area (Å²) in [6, 6.07) is 12.0. The van der Waals surface area contributed by atoms with Gasteiger partial charge in [0.1, 0.15) is 4.83 Å². The molecule has 0 bridgehead atoms. The first kappa shape index (κ1) is 21.4. The summed E-state index contributed by atoms with van der Waals surface area (Å²) < 4.78 is 1.68. The van der Waals surface area contributed by atoms with Crippen molar-refractivity contribution in [2.75, 3.05) is 12.3 Å². The van der Waals surface area contributed by atoms with Gasteiger partial charge in [0.05, 0.1) is 16.8 Å². The number of aromatic nitrogens is 2. The summed E-state index contributed by atoms with van der Waals surface area (Å²) in [4.78, 5) is 34.3. The van der Waals surface area contributed by atoms with Crippen LogP contribution in [0.25, 0.3) is 15.9 Å². The number of nitrogens with zero attached hydrogens (tertiary/aromatic N) is 2. The van der Waals surface area contributed by atoms with Crippen LogP contribution in [-0.2, 0) is 24.1 Å². The van der Waals surface area contributed by atoms with Gasteiger partial charge in [-0.25, -0.2) is 4.98 Å². The molecule has 0 unspecified atom stereocenters. The smallest absolute Gasteiger partial charge is 0.267 e. The number of rotatable bonds is 7. The Morgan fingerprint density at radius 1 is 1.22 bits per heavy atom. The molecule has 0 atom stereocenters. The van der Waals surface area contributed by atoms with Crippen molar-refractivity contribution < 1.29 is 4.79 Å². The minimum Gasteiger partial charge on any atom is -0.355 e. The van der Waals surface area contributed by atoms with Gasteiger partial charge in [0.2, 0.25) is 5.91 Å². The molecule has 3 aromatic heterocycles. The number of hydrogen-bond acceptors (Lipinski definition) is 6. The van der Waals surface area contributed by atoms with Crippen LogP contribution in [0.3, 0.4) is 0 Å². The monoisotopic (exact) mass is 481 g/mol. The normalized spacial score (nSPS) is 12.9. The molecule has 0 spiro atoms. The second-order valence-electron chi connectivity index (χ2n) is 7.88. The van der Waals surface area contributed by atoms with Crippen molar-refractivity contribution in [3.8, 4) is 5.69 Å². The standard InChI is InChI=1S/C24H23N3O2S3/c1-15-7-9-16(10-8-15)27-23(29)21-18-5-2-6-19(18)32-22(21)26-24(27)31-14-20(28)25-12-11-17-4-3-13-30-17/h3-4,7-10,13H,2,5-6,11-12,14H2,1H3,(H,25,28). The van der Waals surface area contributed by atoms with Crippen LogP contribution in [-0.4, -0.2) is 27.8 Å². The maximum absolute atomic E-state index is 13.6. The third kappa shape index (κ3) is 4.27. The second kappa shape index (κ2) is 9.21. The fourth-order valence-corrected chi connectivity index (χ4v) is 6.86. The van der Waals surface area contributed by atoms with Crippen LogP contribution < -0.4 is 10.9 Å². The van der Waals surface area contributed by atoms with Gasteiger partial charge in [0, 0.05) is 16.3 Å². The fourth-order valence-electron chi connectivity index (χ4n) is 4.00. The Hall–Kier alpha value is -2.42. The highest BCUT2D eigenvalue weighted by Crippen LogP contribution is 2.36. The van der Waals surface area contributed by atoms with Crippen molar-refractivity contribution in [2.45, 2.75) is 37.8 Å². The van der Waals surface area contributed by atoms with E-state index in [1.54, 1.807) is 27.2 Å². The van der Waals surface area contributed by atoms with Crippen molar-refractivity contribution in [1.29, 1.82) is 0 Å². The molecular weight excluding hydrogens is 458 g/mol. The Balaban J connectivity index is 1.42. The number of nitrogens with one attached hydrogen (secondary N) is 1. The molecule has 4 aromatic rings. The first-order valence-corrected chi connectivity index (χ1v) is 13.3. The maximum atomic E-state index is 13.6. The number of thioether (sulfide) groups is 1.